The van der Waals surface area contributed by atoms with Gasteiger partial charge in [-0.1, -0.05) is 25.1 Å². The average molecular weight is 404 g/mol. The number of ether oxygens (including phenoxy) is 2. The summed E-state index contributed by atoms with van der Waals surface area (Å²) in [5.41, 5.74) is 1.74. The minimum atomic E-state index is -0.606. The summed E-state index contributed by atoms with van der Waals surface area (Å²) in [7, 11) is 1.59. The average Bonchev–Trinajstić information content (AvgIpc) is 2.79. The molecule has 0 bridgehead atoms. The SMILES string of the molecule is CC[C@@H](Oc1ccccc1)C(=O)Nc1ccc(C(=O)Nc2ccc(OC)cc2)cc1. The van der Waals surface area contributed by atoms with Gasteiger partial charge >= 0.3 is 0 Å². The van der Waals surface area contributed by atoms with E-state index in [4.69, 9.17) is 9.47 Å². The van der Waals surface area contributed by atoms with Gasteiger partial charge in [-0.3, -0.25) is 9.59 Å². The molecule has 2 N–H and O–H groups in total. The van der Waals surface area contributed by atoms with Crippen LogP contribution in [0.15, 0.2) is 78.9 Å². The van der Waals surface area contributed by atoms with E-state index in [2.05, 4.69) is 10.6 Å². The fourth-order valence-corrected chi connectivity index (χ4v) is 2.79. The molecule has 0 aliphatic rings. The minimum absolute atomic E-state index is 0.239. The van der Waals surface area contributed by atoms with Gasteiger partial charge < -0.3 is 20.1 Å². The van der Waals surface area contributed by atoms with E-state index in [9.17, 15) is 9.59 Å². The molecule has 0 radical (unpaired) electrons. The zero-order valence-electron chi connectivity index (χ0n) is 16.9. The van der Waals surface area contributed by atoms with Crippen LogP contribution in [0.5, 0.6) is 11.5 Å². The van der Waals surface area contributed by atoms with E-state index in [1.165, 1.54) is 0 Å². The molecule has 1 atom stereocenters. The van der Waals surface area contributed by atoms with Gasteiger partial charge in [0.1, 0.15) is 11.5 Å². The van der Waals surface area contributed by atoms with Crippen LogP contribution in [0.2, 0.25) is 0 Å². The number of nitrogens with one attached hydrogen (secondary N) is 2. The Kier molecular flexibility index (Phi) is 7.05. The molecule has 0 fully saturated rings. The van der Waals surface area contributed by atoms with Gasteiger partial charge in [0.25, 0.3) is 11.8 Å². The van der Waals surface area contributed by atoms with E-state index in [-0.39, 0.29) is 11.8 Å². The van der Waals surface area contributed by atoms with Gasteiger partial charge in [-0.2, -0.15) is 0 Å². The zero-order valence-corrected chi connectivity index (χ0v) is 16.9. The lowest BCUT2D eigenvalue weighted by atomic mass is 10.1. The minimum Gasteiger partial charge on any atom is -0.497 e. The number of hydrogen-bond acceptors (Lipinski definition) is 4. The number of hydrogen-bond donors (Lipinski definition) is 2. The van der Waals surface area contributed by atoms with Gasteiger partial charge in [-0.05, 0) is 67.1 Å². The molecule has 3 aromatic carbocycles. The van der Waals surface area contributed by atoms with Crippen LogP contribution < -0.4 is 20.1 Å². The summed E-state index contributed by atoms with van der Waals surface area (Å²) >= 11 is 0. The number of benzene rings is 3. The van der Waals surface area contributed by atoms with Gasteiger partial charge in [-0.25, -0.2) is 0 Å². The standard InChI is InChI=1S/C24H24N2O4/c1-3-22(30-21-7-5-4-6-8-21)24(28)26-18-11-9-17(10-12-18)23(27)25-19-13-15-20(29-2)16-14-19/h4-16,22H,3H2,1-2H3,(H,25,27)(H,26,28)/t22-/m1/s1. The first-order valence-corrected chi connectivity index (χ1v) is 9.67. The van der Waals surface area contributed by atoms with Crippen LogP contribution in [-0.4, -0.2) is 25.0 Å². The molecule has 0 aromatic heterocycles. The lowest BCUT2D eigenvalue weighted by molar-refractivity contribution is -0.122. The van der Waals surface area contributed by atoms with E-state index >= 15 is 0 Å². The molecule has 2 amide bonds. The first-order chi connectivity index (χ1) is 14.6. The fraction of sp³-hybridized carbons (Fsp3) is 0.167. The highest BCUT2D eigenvalue weighted by molar-refractivity contribution is 6.04. The number of amides is 2. The Hall–Kier alpha value is -3.80. The lowest BCUT2D eigenvalue weighted by Crippen LogP contribution is -2.32. The Labute approximate surface area is 175 Å². The highest BCUT2D eigenvalue weighted by Gasteiger charge is 2.18. The van der Waals surface area contributed by atoms with Crippen LogP contribution in [0.3, 0.4) is 0 Å². The normalized spacial score (nSPS) is 11.3. The molecule has 154 valence electrons. The highest BCUT2D eigenvalue weighted by Crippen LogP contribution is 2.18. The van der Waals surface area contributed by atoms with E-state index in [1.807, 2.05) is 37.3 Å². The number of carbonyl (C=O) groups is 2. The Morgan fingerprint density at radius 1 is 0.800 bits per heavy atom. The van der Waals surface area contributed by atoms with Gasteiger partial charge in [0.2, 0.25) is 0 Å². The van der Waals surface area contributed by atoms with Crippen molar-refractivity contribution < 1.29 is 19.1 Å². The van der Waals surface area contributed by atoms with Crippen molar-refractivity contribution in [2.75, 3.05) is 17.7 Å². The molecule has 30 heavy (non-hydrogen) atoms. The lowest BCUT2D eigenvalue weighted by Gasteiger charge is -2.17. The van der Waals surface area contributed by atoms with Crippen molar-refractivity contribution in [1.29, 1.82) is 0 Å². The smallest absolute Gasteiger partial charge is 0.265 e. The van der Waals surface area contributed by atoms with Crippen LogP contribution >= 0.6 is 0 Å². The summed E-state index contributed by atoms with van der Waals surface area (Å²) in [4.78, 5) is 24.9. The third kappa shape index (κ3) is 5.61. The summed E-state index contributed by atoms with van der Waals surface area (Å²) in [6.45, 7) is 1.89. The van der Waals surface area contributed by atoms with Crippen molar-refractivity contribution in [2.24, 2.45) is 0 Å². The first-order valence-electron chi connectivity index (χ1n) is 9.67. The van der Waals surface area contributed by atoms with E-state index in [0.29, 0.717) is 29.1 Å². The van der Waals surface area contributed by atoms with Crippen LogP contribution in [0, 0.1) is 0 Å². The molecule has 0 heterocycles. The summed E-state index contributed by atoms with van der Waals surface area (Å²) in [5, 5.41) is 5.65. The molecule has 0 saturated heterocycles. The zero-order chi connectivity index (χ0) is 21.3. The maximum absolute atomic E-state index is 12.5. The Morgan fingerprint density at radius 2 is 1.40 bits per heavy atom. The Morgan fingerprint density at radius 3 is 2.00 bits per heavy atom. The fourth-order valence-electron chi connectivity index (χ4n) is 2.79. The predicted molar refractivity (Wildman–Crippen MR) is 117 cm³/mol. The molecule has 6 nitrogen and oxygen atoms in total. The van der Waals surface area contributed by atoms with Gasteiger partial charge in [0, 0.05) is 16.9 Å². The molecule has 6 heteroatoms. The maximum Gasteiger partial charge on any atom is 0.265 e. The van der Waals surface area contributed by atoms with E-state index in [1.54, 1.807) is 55.6 Å². The molecule has 0 unspecified atom stereocenters. The van der Waals surface area contributed by atoms with Crippen LogP contribution in [0.4, 0.5) is 11.4 Å². The van der Waals surface area contributed by atoms with Crippen molar-refractivity contribution in [3.05, 3.63) is 84.4 Å². The molecule has 0 saturated carbocycles. The first kappa shape index (κ1) is 20.9. The quantitative estimate of drug-likeness (QED) is 0.568. The van der Waals surface area contributed by atoms with Crippen molar-refractivity contribution in [3.8, 4) is 11.5 Å². The second-order valence-electron chi connectivity index (χ2n) is 6.58. The summed E-state index contributed by atoms with van der Waals surface area (Å²) in [5.74, 6) is 0.883. The topological polar surface area (TPSA) is 76.7 Å². The maximum atomic E-state index is 12.5. The van der Waals surface area contributed by atoms with Gasteiger partial charge in [-0.15, -0.1) is 0 Å². The second-order valence-corrected chi connectivity index (χ2v) is 6.58. The summed E-state index contributed by atoms with van der Waals surface area (Å²) in [6.07, 6.45) is -0.0752. The molecule has 0 spiro atoms. The largest absolute Gasteiger partial charge is 0.497 e. The monoisotopic (exact) mass is 404 g/mol. The van der Waals surface area contributed by atoms with Crippen LogP contribution in [0.25, 0.3) is 0 Å². The Bertz CT molecular complexity index is 970. The van der Waals surface area contributed by atoms with Crippen molar-refractivity contribution in [2.45, 2.75) is 19.4 Å². The predicted octanol–water partition coefficient (Wildman–Crippen LogP) is 4.74. The highest BCUT2D eigenvalue weighted by atomic mass is 16.5. The molecule has 3 rings (SSSR count). The van der Waals surface area contributed by atoms with E-state index < -0.39 is 6.10 Å². The number of methoxy groups -OCH3 is 1. The van der Waals surface area contributed by atoms with Gasteiger partial charge in [0.05, 0.1) is 7.11 Å². The van der Waals surface area contributed by atoms with Crippen molar-refractivity contribution in [1.82, 2.24) is 0 Å². The molecule has 0 aliphatic carbocycles. The van der Waals surface area contributed by atoms with E-state index in [0.717, 1.165) is 5.75 Å². The molecule has 3 aromatic rings. The summed E-state index contributed by atoms with van der Waals surface area (Å²) in [6, 6.07) is 23.0. The number of anilines is 2. The summed E-state index contributed by atoms with van der Waals surface area (Å²) < 4.78 is 10.9. The number of rotatable bonds is 8. The number of para-hydroxylation sites is 1. The number of carbonyl (C=O) groups excluding carboxylic acids is 2. The van der Waals surface area contributed by atoms with Crippen LogP contribution in [0.1, 0.15) is 23.7 Å². The Balaban J connectivity index is 1.58. The molecular formula is C24H24N2O4. The van der Waals surface area contributed by atoms with Crippen molar-refractivity contribution >= 4 is 23.2 Å². The van der Waals surface area contributed by atoms with Crippen LogP contribution in [-0.2, 0) is 4.79 Å². The van der Waals surface area contributed by atoms with Crippen molar-refractivity contribution in [3.63, 3.8) is 0 Å². The molecular weight excluding hydrogens is 380 g/mol. The molecule has 0 aliphatic heterocycles. The third-order valence-electron chi connectivity index (χ3n) is 4.45. The second kappa shape index (κ2) is 10.1. The third-order valence-corrected chi connectivity index (χ3v) is 4.45. The van der Waals surface area contributed by atoms with Gasteiger partial charge in [0.15, 0.2) is 6.10 Å².